The van der Waals surface area contributed by atoms with Crippen molar-refractivity contribution in [3.8, 4) is 0 Å². The number of hydrogen-bond donors (Lipinski definition) is 0. The van der Waals surface area contributed by atoms with E-state index in [-0.39, 0.29) is 5.97 Å². The molecule has 0 saturated carbocycles. The Labute approximate surface area is 160 Å². The van der Waals surface area contributed by atoms with Crippen LogP contribution < -0.4 is 0 Å². The number of hydrogen-bond acceptors (Lipinski definition) is 2. The summed E-state index contributed by atoms with van der Waals surface area (Å²) in [6.45, 7) is 4.45. The van der Waals surface area contributed by atoms with Gasteiger partial charge in [0.2, 0.25) is 0 Å². The molecule has 2 nitrogen and oxygen atoms in total. The Kier molecular flexibility index (Phi) is 19.3. The van der Waals surface area contributed by atoms with Crippen LogP contribution in [0.3, 0.4) is 0 Å². The highest BCUT2D eigenvalue weighted by atomic mass is 16.5. The van der Waals surface area contributed by atoms with E-state index in [9.17, 15) is 4.79 Å². The van der Waals surface area contributed by atoms with Crippen molar-refractivity contribution in [2.75, 3.05) is 6.61 Å². The van der Waals surface area contributed by atoms with Crippen LogP contribution in [0.15, 0.2) is 72.9 Å². The minimum Gasteiger partial charge on any atom is -0.466 e. The third-order valence-corrected chi connectivity index (χ3v) is 3.51. The highest BCUT2D eigenvalue weighted by Gasteiger charge is 1.97. The second-order valence-electron chi connectivity index (χ2n) is 5.87. The summed E-state index contributed by atoms with van der Waals surface area (Å²) in [4.78, 5) is 11.1. The summed E-state index contributed by atoms with van der Waals surface area (Å²) in [5, 5.41) is 0. The summed E-state index contributed by atoms with van der Waals surface area (Å²) in [7, 11) is 0. The number of esters is 1. The van der Waals surface area contributed by atoms with E-state index in [1.165, 1.54) is 25.7 Å². The minimum atomic E-state index is -0.136. The third kappa shape index (κ3) is 20.0. The van der Waals surface area contributed by atoms with Gasteiger partial charge in [0.1, 0.15) is 0 Å². The molecule has 0 amide bonds. The van der Waals surface area contributed by atoms with Gasteiger partial charge in [-0.1, -0.05) is 86.3 Å². The molecule has 0 heterocycles. The first kappa shape index (κ1) is 23.9. The number of ether oxygens (including phenoxy) is 1. The fourth-order valence-corrected chi connectivity index (χ4v) is 2.15. The molecule has 0 bridgehead atoms. The van der Waals surface area contributed by atoms with Crippen LogP contribution >= 0.6 is 0 Å². The summed E-state index contributed by atoms with van der Waals surface area (Å²) in [6, 6.07) is 0. The van der Waals surface area contributed by atoms with Crippen molar-refractivity contribution in [2.45, 2.75) is 65.2 Å². The molecule has 0 fully saturated rings. The highest BCUT2D eigenvalue weighted by Crippen LogP contribution is 2.04. The number of unbranched alkanes of at least 4 members (excludes halogenated alkanes) is 4. The average molecular weight is 357 g/mol. The van der Waals surface area contributed by atoms with Crippen LogP contribution in [0.2, 0.25) is 0 Å². The second kappa shape index (κ2) is 21.0. The van der Waals surface area contributed by atoms with Crippen molar-refractivity contribution in [1.82, 2.24) is 0 Å². The molecule has 0 N–H and O–H groups in total. The van der Waals surface area contributed by atoms with E-state index in [0.29, 0.717) is 19.4 Å². The standard InChI is InChI=1S/C24H36O2/c1-3-5-6-7-8-9-10-11-12-13-14-15-16-17-18-19-20-21-22-23-24(25)26-4-2/h5-6,12-21H,3-4,7-11,22-23H2,1-2H3/b6-5+,13-12+,15-14+,17-16+,19-18+,21-20+. The maximum absolute atomic E-state index is 11.1. The predicted molar refractivity (Wildman–Crippen MR) is 114 cm³/mol. The van der Waals surface area contributed by atoms with Gasteiger partial charge in [0.15, 0.2) is 0 Å². The van der Waals surface area contributed by atoms with E-state index in [1.807, 2.05) is 49.5 Å². The SMILES string of the molecule is CC/C=C/CCCCC/C=C/C=C/C=C/C=C/C=C/CCC(=O)OCC. The summed E-state index contributed by atoms with van der Waals surface area (Å²) in [5.41, 5.74) is 0. The normalized spacial score (nSPS) is 12.8. The molecule has 0 unspecified atom stereocenters. The number of rotatable bonds is 15. The largest absolute Gasteiger partial charge is 0.466 e. The first-order chi connectivity index (χ1) is 12.8. The Morgan fingerprint density at radius 3 is 1.77 bits per heavy atom. The van der Waals surface area contributed by atoms with E-state index >= 15 is 0 Å². The van der Waals surface area contributed by atoms with Gasteiger partial charge in [0, 0.05) is 6.42 Å². The van der Waals surface area contributed by atoms with Crippen LogP contribution in [-0.2, 0) is 9.53 Å². The van der Waals surface area contributed by atoms with E-state index in [4.69, 9.17) is 4.74 Å². The van der Waals surface area contributed by atoms with E-state index in [1.54, 1.807) is 0 Å². The molecule has 2 heteroatoms. The van der Waals surface area contributed by atoms with Gasteiger partial charge in [-0.25, -0.2) is 0 Å². The molecule has 0 aromatic rings. The molecule has 0 aromatic carbocycles. The molecule has 26 heavy (non-hydrogen) atoms. The topological polar surface area (TPSA) is 26.3 Å². The fraction of sp³-hybridized carbons (Fsp3) is 0.458. The quantitative estimate of drug-likeness (QED) is 0.136. The molecular formula is C24H36O2. The summed E-state index contributed by atoms with van der Waals surface area (Å²) in [6.07, 6.45) is 33.4. The van der Waals surface area contributed by atoms with E-state index in [2.05, 4.69) is 37.3 Å². The molecule has 0 rings (SSSR count). The highest BCUT2D eigenvalue weighted by molar-refractivity contribution is 5.69. The van der Waals surface area contributed by atoms with E-state index in [0.717, 1.165) is 12.8 Å². The maximum Gasteiger partial charge on any atom is 0.306 e. The Morgan fingerprint density at radius 2 is 1.19 bits per heavy atom. The van der Waals surface area contributed by atoms with E-state index < -0.39 is 0 Å². The Bertz CT molecular complexity index is 490. The zero-order valence-electron chi connectivity index (χ0n) is 16.6. The van der Waals surface area contributed by atoms with Crippen LogP contribution in [0.4, 0.5) is 0 Å². The first-order valence-corrected chi connectivity index (χ1v) is 9.93. The summed E-state index contributed by atoms with van der Waals surface area (Å²) >= 11 is 0. The fourth-order valence-electron chi connectivity index (χ4n) is 2.15. The lowest BCUT2D eigenvalue weighted by atomic mass is 10.1. The predicted octanol–water partition coefficient (Wildman–Crippen LogP) is 7.03. The molecule has 0 aliphatic carbocycles. The zero-order chi connectivity index (χ0) is 19.1. The first-order valence-electron chi connectivity index (χ1n) is 9.93. The third-order valence-electron chi connectivity index (χ3n) is 3.51. The summed E-state index contributed by atoms with van der Waals surface area (Å²) < 4.78 is 4.86. The van der Waals surface area contributed by atoms with Crippen LogP contribution in [0.25, 0.3) is 0 Å². The molecule has 0 aliphatic heterocycles. The lowest BCUT2D eigenvalue weighted by Gasteiger charge is -1.97. The van der Waals surface area contributed by atoms with Gasteiger partial charge in [-0.3, -0.25) is 4.79 Å². The van der Waals surface area contributed by atoms with Crippen molar-refractivity contribution < 1.29 is 9.53 Å². The Hall–Kier alpha value is -2.09. The Balaban J connectivity index is 3.59. The number of carbonyl (C=O) groups is 1. The van der Waals surface area contributed by atoms with Gasteiger partial charge < -0.3 is 4.74 Å². The monoisotopic (exact) mass is 356 g/mol. The van der Waals surface area contributed by atoms with Crippen molar-refractivity contribution in [1.29, 1.82) is 0 Å². The van der Waals surface area contributed by atoms with Crippen molar-refractivity contribution >= 4 is 5.97 Å². The summed E-state index contributed by atoms with van der Waals surface area (Å²) in [5.74, 6) is -0.136. The Morgan fingerprint density at radius 1 is 0.654 bits per heavy atom. The molecule has 144 valence electrons. The van der Waals surface area contributed by atoms with Gasteiger partial charge in [-0.15, -0.1) is 0 Å². The number of carbonyl (C=O) groups excluding carboxylic acids is 1. The van der Waals surface area contributed by atoms with Gasteiger partial charge in [-0.05, 0) is 45.4 Å². The van der Waals surface area contributed by atoms with Gasteiger partial charge in [-0.2, -0.15) is 0 Å². The zero-order valence-corrected chi connectivity index (χ0v) is 16.6. The van der Waals surface area contributed by atoms with Crippen LogP contribution in [-0.4, -0.2) is 12.6 Å². The van der Waals surface area contributed by atoms with Crippen molar-refractivity contribution in [3.05, 3.63) is 72.9 Å². The van der Waals surface area contributed by atoms with Crippen molar-refractivity contribution in [3.63, 3.8) is 0 Å². The van der Waals surface area contributed by atoms with Crippen LogP contribution in [0.1, 0.15) is 65.2 Å². The molecule has 0 atom stereocenters. The van der Waals surface area contributed by atoms with Gasteiger partial charge in [0.05, 0.1) is 6.61 Å². The molecule has 0 saturated heterocycles. The van der Waals surface area contributed by atoms with Gasteiger partial charge in [0.25, 0.3) is 0 Å². The lowest BCUT2D eigenvalue weighted by molar-refractivity contribution is -0.142. The average Bonchev–Trinajstić information content (AvgIpc) is 2.64. The van der Waals surface area contributed by atoms with Crippen LogP contribution in [0, 0.1) is 0 Å². The molecular weight excluding hydrogens is 320 g/mol. The molecule has 0 aromatic heterocycles. The maximum atomic E-state index is 11.1. The second-order valence-corrected chi connectivity index (χ2v) is 5.87. The lowest BCUT2D eigenvalue weighted by Crippen LogP contribution is -2.02. The van der Waals surface area contributed by atoms with Crippen LogP contribution in [0.5, 0.6) is 0 Å². The van der Waals surface area contributed by atoms with Gasteiger partial charge >= 0.3 is 5.97 Å². The number of allylic oxidation sites excluding steroid dienone is 12. The molecule has 0 radical (unpaired) electrons. The minimum absolute atomic E-state index is 0.136. The van der Waals surface area contributed by atoms with Crippen molar-refractivity contribution in [2.24, 2.45) is 0 Å². The molecule has 0 spiro atoms. The molecule has 0 aliphatic rings. The smallest absolute Gasteiger partial charge is 0.306 e.